The van der Waals surface area contributed by atoms with Gasteiger partial charge in [-0.2, -0.15) is 5.26 Å². The van der Waals surface area contributed by atoms with Crippen LogP contribution in [0.5, 0.6) is 0 Å². The first-order valence-corrected chi connectivity index (χ1v) is 11.1. The van der Waals surface area contributed by atoms with Crippen LogP contribution in [0.3, 0.4) is 0 Å². The van der Waals surface area contributed by atoms with Crippen molar-refractivity contribution >= 4 is 23.2 Å². The number of likely N-dealkylation sites (tertiary alicyclic amines) is 1. The SMILES string of the molecule is Cc1cc(C(=O)N2CC[C@H](N(Cc3ccc(F)cc3F)c3ccc(C#N)c(Cl)c3)C2)ccc1F. The molecule has 0 spiro atoms. The number of nitriles is 1. The monoisotopic (exact) mass is 483 g/mol. The Bertz CT molecular complexity index is 1290. The number of nitrogens with zero attached hydrogens (tertiary/aromatic N) is 3. The van der Waals surface area contributed by atoms with Crippen LogP contribution in [0, 0.1) is 35.7 Å². The molecule has 1 saturated heterocycles. The third kappa shape index (κ3) is 4.87. The number of aryl methyl sites for hydroxylation is 1. The predicted octanol–water partition coefficient (Wildman–Crippen LogP) is 5.86. The Morgan fingerprint density at radius 3 is 2.59 bits per heavy atom. The first-order valence-electron chi connectivity index (χ1n) is 10.7. The molecule has 34 heavy (non-hydrogen) atoms. The summed E-state index contributed by atoms with van der Waals surface area (Å²) in [6, 6.07) is 14.5. The Balaban J connectivity index is 1.62. The van der Waals surface area contributed by atoms with Crippen molar-refractivity contribution in [3.63, 3.8) is 0 Å². The molecule has 1 amide bonds. The highest BCUT2D eigenvalue weighted by molar-refractivity contribution is 6.32. The number of carbonyl (C=O) groups excluding carboxylic acids is 1. The Morgan fingerprint density at radius 1 is 1.12 bits per heavy atom. The largest absolute Gasteiger partial charge is 0.362 e. The molecule has 0 unspecified atom stereocenters. The number of halogens is 4. The lowest BCUT2D eigenvalue weighted by atomic mass is 10.1. The second kappa shape index (κ2) is 9.78. The average molecular weight is 484 g/mol. The van der Waals surface area contributed by atoms with Gasteiger partial charge in [0.2, 0.25) is 0 Å². The number of amides is 1. The van der Waals surface area contributed by atoms with Gasteiger partial charge in [-0.1, -0.05) is 17.7 Å². The number of hydrogen-bond acceptors (Lipinski definition) is 3. The molecule has 4 rings (SSSR count). The molecule has 0 aromatic heterocycles. The van der Waals surface area contributed by atoms with Crippen LogP contribution in [0.15, 0.2) is 54.6 Å². The quantitative estimate of drug-likeness (QED) is 0.457. The molecule has 1 aliphatic rings. The van der Waals surface area contributed by atoms with Gasteiger partial charge in [0.05, 0.1) is 10.6 Å². The maximum atomic E-state index is 14.5. The maximum Gasteiger partial charge on any atom is 0.253 e. The second-order valence-electron chi connectivity index (χ2n) is 8.30. The molecule has 4 nitrogen and oxygen atoms in total. The summed E-state index contributed by atoms with van der Waals surface area (Å²) >= 11 is 6.25. The van der Waals surface area contributed by atoms with Crippen LogP contribution >= 0.6 is 11.6 Å². The minimum absolute atomic E-state index is 0.122. The average Bonchev–Trinajstić information content (AvgIpc) is 3.30. The molecule has 1 atom stereocenters. The molecule has 3 aromatic rings. The van der Waals surface area contributed by atoms with E-state index in [0.717, 1.165) is 6.07 Å². The zero-order chi connectivity index (χ0) is 24.4. The molecular weight excluding hydrogens is 463 g/mol. The summed E-state index contributed by atoms with van der Waals surface area (Å²) in [5.74, 6) is -1.92. The van der Waals surface area contributed by atoms with E-state index >= 15 is 0 Å². The van der Waals surface area contributed by atoms with Crippen LogP contribution in [0.25, 0.3) is 0 Å². The van der Waals surface area contributed by atoms with Crippen molar-refractivity contribution in [2.75, 3.05) is 18.0 Å². The van der Waals surface area contributed by atoms with Crippen molar-refractivity contribution in [2.24, 2.45) is 0 Å². The van der Waals surface area contributed by atoms with Crippen molar-refractivity contribution in [1.82, 2.24) is 4.90 Å². The van der Waals surface area contributed by atoms with Gasteiger partial charge < -0.3 is 9.80 Å². The van der Waals surface area contributed by atoms with Gasteiger partial charge in [-0.05, 0) is 61.4 Å². The van der Waals surface area contributed by atoms with E-state index in [-0.39, 0.29) is 29.3 Å². The maximum absolute atomic E-state index is 14.5. The Kier molecular flexibility index (Phi) is 6.80. The summed E-state index contributed by atoms with van der Waals surface area (Å²) in [4.78, 5) is 16.6. The van der Waals surface area contributed by atoms with Gasteiger partial charge in [0.15, 0.2) is 0 Å². The molecule has 0 radical (unpaired) electrons. The van der Waals surface area contributed by atoms with Gasteiger partial charge in [0.1, 0.15) is 23.5 Å². The summed E-state index contributed by atoms with van der Waals surface area (Å²) in [5, 5.41) is 9.46. The molecule has 8 heteroatoms. The van der Waals surface area contributed by atoms with Gasteiger partial charge in [0, 0.05) is 48.6 Å². The van der Waals surface area contributed by atoms with Gasteiger partial charge in [-0.15, -0.1) is 0 Å². The van der Waals surface area contributed by atoms with Gasteiger partial charge in [-0.25, -0.2) is 13.2 Å². The third-order valence-electron chi connectivity index (χ3n) is 6.06. The first-order chi connectivity index (χ1) is 16.3. The lowest BCUT2D eigenvalue weighted by molar-refractivity contribution is 0.0790. The lowest BCUT2D eigenvalue weighted by Gasteiger charge is -2.32. The van der Waals surface area contributed by atoms with E-state index in [1.54, 1.807) is 30.0 Å². The molecule has 1 aliphatic heterocycles. The fraction of sp³-hybridized carbons (Fsp3) is 0.231. The minimum atomic E-state index is -0.669. The standard InChI is InChI=1S/C26H21ClF3N3O/c1-16-10-17(4-7-24(16)29)26(34)32-9-8-22(15-32)33(14-19-2-5-20(28)11-25(19)30)21-6-3-18(13-31)23(27)12-21/h2-7,10-12,22H,8-9,14-15H2,1H3/t22-/m0/s1. The molecule has 0 aliphatic carbocycles. The highest BCUT2D eigenvalue weighted by atomic mass is 35.5. The molecule has 174 valence electrons. The van der Waals surface area contributed by atoms with Crippen LogP contribution in [0.1, 0.15) is 33.5 Å². The van der Waals surface area contributed by atoms with E-state index in [4.69, 9.17) is 11.6 Å². The number of hydrogen-bond donors (Lipinski definition) is 0. The molecule has 3 aromatic carbocycles. The van der Waals surface area contributed by atoms with Crippen LogP contribution in [-0.2, 0) is 6.54 Å². The topological polar surface area (TPSA) is 47.3 Å². The minimum Gasteiger partial charge on any atom is -0.362 e. The van der Waals surface area contributed by atoms with Gasteiger partial charge >= 0.3 is 0 Å². The van der Waals surface area contributed by atoms with Crippen molar-refractivity contribution in [3.8, 4) is 6.07 Å². The normalized spacial score (nSPS) is 15.3. The van der Waals surface area contributed by atoms with Crippen LogP contribution < -0.4 is 4.90 Å². The zero-order valence-corrected chi connectivity index (χ0v) is 19.1. The number of carbonyl (C=O) groups is 1. The number of benzene rings is 3. The van der Waals surface area contributed by atoms with E-state index in [1.165, 1.54) is 30.3 Å². The Morgan fingerprint density at radius 2 is 1.91 bits per heavy atom. The Labute approximate surface area is 200 Å². The van der Waals surface area contributed by atoms with Crippen molar-refractivity contribution < 1.29 is 18.0 Å². The zero-order valence-electron chi connectivity index (χ0n) is 18.4. The van der Waals surface area contributed by atoms with E-state index in [0.29, 0.717) is 47.5 Å². The van der Waals surface area contributed by atoms with E-state index in [2.05, 4.69) is 0 Å². The number of anilines is 1. The molecular formula is C26H21ClF3N3O. The van der Waals surface area contributed by atoms with Crippen molar-refractivity contribution in [2.45, 2.75) is 25.9 Å². The fourth-order valence-corrected chi connectivity index (χ4v) is 4.40. The summed E-state index contributed by atoms with van der Waals surface area (Å²) in [6.07, 6.45) is 0.604. The van der Waals surface area contributed by atoms with E-state index in [9.17, 15) is 23.2 Å². The summed E-state index contributed by atoms with van der Waals surface area (Å²) in [7, 11) is 0. The molecule has 1 heterocycles. The van der Waals surface area contributed by atoms with Gasteiger partial charge in [-0.3, -0.25) is 4.79 Å². The first kappa shape index (κ1) is 23.7. The predicted molar refractivity (Wildman–Crippen MR) is 124 cm³/mol. The van der Waals surface area contributed by atoms with E-state index < -0.39 is 11.6 Å². The highest BCUT2D eigenvalue weighted by Crippen LogP contribution is 2.30. The second-order valence-corrected chi connectivity index (χ2v) is 8.70. The Hall–Kier alpha value is -3.50. The molecule has 0 saturated carbocycles. The number of rotatable bonds is 5. The fourth-order valence-electron chi connectivity index (χ4n) is 4.18. The van der Waals surface area contributed by atoms with Crippen LogP contribution in [-0.4, -0.2) is 29.9 Å². The molecule has 0 bridgehead atoms. The van der Waals surface area contributed by atoms with E-state index in [1.807, 2.05) is 11.0 Å². The smallest absolute Gasteiger partial charge is 0.253 e. The van der Waals surface area contributed by atoms with Crippen LogP contribution in [0.2, 0.25) is 5.02 Å². The van der Waals surface area contributed by atoms with Crippen LogP contribution in [0.4, 0.5) is 18.9 Å². The van der Waals surface area contributed by atoms with Gasteiger partial charge in [0.25, 0.3) is 5.91 Å². The molecule has 1 fully saturated rings. The highest BCUT2D eigenvalue weighted by Gasteiger charge is 2.32. The summed E-state index contributed by atoms with van der Waals surface area (Å²) < 4.78 is 41.5. The molecule has 0 N–H and O–H groups in total. The lowest BCUT2D eigenvalue weighted by Crippen LogP contribution is -2.39. The van der Waals surface area contributed by atoms with Crippen molar-refractivity contribution in [1.29, 1.82) is 5.26 Å². The summed E-state index contributed by atoms with van der Waals surface area (Å²) in [6.45, 7) is 2.55. The third-order valence-corrected chi connectivity index (χ3v) is 6.37. The summed E-state index contributed by atoms with van der Waals surface area (Å²) in [5.41, 5.74) is 2.05. The van der Waals surface area contributed by atoms with Crippen molar-refractivity contribution in [3.05, 3.63) is 99.3 Å².